The summed E-state index contributed by atoms with van der Waals surface area (Å²) in [6.07, 6.45) is -0.266. The van der Waals surface area contributed by atoms with Crippen LogP contribution in [0.3, 0.4) is 0 Å². The number of aliphatic hydroxyl groups excluding tert-OH is 1. The van der Waals surface area contributed by atoms with E-state index in [9.17, 15) is 28.2 Å². The Labute approximate surface area is 214 Å². The maximum absolute atomic E-state index is 12.6. The SMILES string of the molecule is COc1cccc(CN2C[C@@H](SC3=C(C(=O)O)N4C(=O)[C@H]([C@@H](C)O)[C@H]4[C@H]3C)C[C@H]2CNS(N)(=O)=O)c1. The Morgan fingerprint density at radius 2 is 2.11 bits per heavy atom. The molecule has 0 saturated carbocycles. The number of aliphatic carboxylic acids is 1. The molecule has 5 N–H and O–H groups in total. The molecule has 0 radical (unpaired) electrons. The second kappa shape index (κ2) is 10.3. The number of methoxy groups -OCH3 is 1. The zero-order valence-corrected chi connectivity index (χ0v) is 22.0. The average molecular weight is 541 g/mol. The fraction of sp³-hybridized carbons (Fsp3) is 0.565. The highest BCUT2D eigenvalue weighted by Crippen LogP contribution is 2.52. The number of nitrogens with one attached hydrogen (secondary N) is 1. The second-order valence-corrected chi connectivity index (χ2v) is 12.3. The number of hydrogen-bond acceptors (Lipinski definition) is 8. The molecule has 2 fully saturated rings. The molecule has 1 aromatic rings. The fourth-order valence-electron chi connectivity index (χ4n) is 5.51. The van der Waals surface area contributed by atoms with Gasteiger partial charge in [0.15, 0.2) is 0 Å². The van der Waals surface area contributed by atoms with Crippen molar-refractivity contribution >= 4 is 33.8 Å². The minimum absolute atomic E-state index is 0.00939. The van der Waals surface area contributed by atoms with Crippen LogP contribution in [0.25, 0.3) is 0 Å². The van der Waals surface area contributed by atoms with Crippen LogP contribution in [0.1, 0.15) is 25.8 Å². The minimum atomic E-state index is -3.87. The molecule has 4 rings (SSSR count). The lowest BCUT2D eigenvalue weighted by atomic mass is 9.79. The standard InChI is InChI=1S/C23H32N4O7S2/c1-12-19-18(13(2)28)22(29)27(19)20(23(30)31)21(12)35-17-8-15(9-25-36(24,32)33)26(11-17)10-14-5-4-6-16(7-14)34-3/h4-7,12-13,15,17-19,25,28H,8-11H2,1-3H3,(H,30,31)(H2,24,32,33)/t12-,13-,15+,17+,18-,19-/m1/s1. The lowest BCUT2D eigenvalue weighted by Crippen LogP contribution is -2.63. The first kappa shape index (κ1) is 26.9. The van der Waals surface area contributed by atoms with E-state index in [1.807, 2.05) is 31.2 Å². The van der Waals surface area contributed by atoms with Crippen LogP contribution in [0.2, 0.25) is 0 Å². The number of carboxylic acid groups (broad SMARTS) is 1. The van der Waals surface area contributed by atoms with E-state index < -0.39 is 28.2 Å². The van der Waals surface area contributed by atoms with Gasteiger partial charge in [-0.25, -0.2) is 14.7 Å². The van der Waals surface area contributed by atoms with Gasteiger partial charge in [0.25, 0.3) is 10.2 Å². The van der Waals surface area contributed by atoms with Crippen molar-refractivity contribution in [3.63, 3.8) is 0 Å². The molecule has 0 spiro atoms. The molecule has 6 atom stereocenters. The van der Waals surface area contributed by atoms with Crippen LogP contribution in [0.5, 0.6) is 5.75 Å². The van der Waals surface area contributed by atoms with E-state index in [1.54, 1.807) is 14.0 Å². The summed E-state index contributed by atoms with van der Waals surface area (Å²) in [5.41, 5.74) is 0.986. The summed E-state index contributed by atoms with van der Waals surface area (Å²) < 4.78 is 30.8. The number of nitrogens with zero attached hydrogens (tertiary/aromatic N) is 2. The van der Waals surface area contributed by atoms with Crippen molar-refractivity contribution in [2.45, 2.75) is 50.3 Å². The van der Waals surface area contributed by atoms with Crippen LogP contribution in [0.15, 0.2) is 34.9 Å². The van der Waals surface area contributed by atoms with Gasteiger partial charge < -0.3 is 19.8 Å². The maximum Gasteiger partial charge on any atom is 0.353 e. The Bertz CT molecular complexity index is 1170. The van der Waals surface area contributed by atoms with Crippen molar-refractivity contribution in [3.05, 3.63) is 40.4 Å². The fourth-order valence-corrected chi connectivity index (χ4v) is 7.52. The molecule has 3 aliphatic heterocycles. The third kappa shape index (κ3) is 5.27. The first-order chi connectivity index (χ1) is 16.9. The Balaban J connectivity index is 1.55. The maximum atomic E-state index is 12.6. The number of carbonyl (C=O) groups excluding carboxylic acids is 1. The summed E-state index contributed by atoms with van der Waals surface area (Å²) >= 11 is 1.43. The van der Waals surface area contributed by atoms with E-state index in [4.69, 9.17) is 9.88 Å². The van der Waals surface area contributed by atoms with Gasteiger partial charge in [-0.2, -0.15) is 8.42 Å². The molecule has 1 amide bonds. The van der Waals surface area contributed by atoms with Crippen LogP contribution in [0.4, 0.5) is 0 Å². The van der Waals surface area contributed by atoms with Gasteiger partial charge in [0, 0.05) is 41.7 Å². The third-order valence-electron chi connectivity index (χ3n) is 7.13. The minimum Gasteiger partial charge on any atom is -0.497 e. The van der Waals surface area contributed by atoms with Crippen LogP contribution >= 0.6 is 11.8 Å². The Kier molecular flexibility index (Phi) is 7.70. The summed E-state index contributed by atoms with van der Waals surface area (Å²) in [5.74, 6) is -1.66. The molecule has 0 aliphatic carbocycles. The molecule has 0 bridgehead atoms. The Morgan fingerprint density at radius 1 is 1.39 bits per heavy atom. The van der Waals surface area contributed by atoms with Crippen LogP contribution in [-0.2, 0) is 26.3 Å². The molecule has 3 aliphatic rings. The number of ether oxygens (including phenoxy) is 1. The summed E-state index contributed by atoms with van der Waals surface area (Å²) in [6, 6.07) is 7.07. The smallest absolute Gasteiger partial charge is 0.353 e. The predicted octanol–water partition coefficient (Wildman–Crippen LogP) is 0.318. The molecule has 198 valence electrons. The van der Waals surface area contributed by atoms with E-state index in [2.05, 4.69) is 9.62 Å². The van der Waals surface area contributed by atoms with E-state index >= 15 is 0 Å². The van der Waals surface area contributed by atoms with E-state index in [0.29, 0.717) is 24.4 Å². The Morgan fingerprint density at radius 3 is 2.72 bits per heavy atom. The number of aliphatic hydroxyl groups is 1. The average Bonchev–Trinajstić information content (AvgIpc) is 3.28. The normalized spacial score (nSPS) is 29.3. The van der Waals surface area contributed by atoms with Crippen molar-refractivity contribution in [2.75, 3.05) is 20.2 Å². The van der Waals surface area contributed by atoms with E-state index in [-0.39, 0.29) is 41.4 Å². The molecule has 2 saturated heterocycles. The number of likely N-dealkylation sites (tertiary alicyclic amines) is 1. The highest BCUT2D eigenvalue weighted by atomic mass is 32.2. The molecule has 0 aromatic heterocycles. The lowest BCUT2D eigenvalue weighted by Gasteiger charge is -2.46. The number of thioether (sulfide) groups is 1. The molecule has 1 aromatic carbocycles. The van der Waals surface area contributed by atoms with E-state index in [0.717, 1.165) is 11.3 Å². The monoisotopic (exact) mass is 540 g/mol. The first-order valence-corrected chi connectivity index (χ1v) is 14.1. The molecule has 11 nitrogen and oxygen atoms in total. The number of fused-ring (bicyclic) bond motifs is 1. The van der Waals surface area contributed by atoms with Crippen molar-refractivity contribution in [2.24, 2.45) is 17.0 Å². The van der Waals surface area contributed by atoms with Crippen molar-refractivity contribution in [3.8, 4) is 5.75 Å². The largest absolute Gasteiger partial charge is 0.497 e. The van der Waals surface area contributed by atoms with Gasteiger partial charge in [-0.3, -0.25) is 9.69 Å². The van der Waals surface area contributed by atoms with Crippen molar-refractivity contribution < 1.29 is 33.0 Å². The second-order valence-electron chi connectivity index (χ2n) is 9.58. The molecular formula is C23H32N4O7S2. The van der Waals surface area contributed by atoms with Gasteiger partial charge in [0.05, 0.1) is 25.2 Å². The number of amides is 1. The number of nitrogens with two attached hydrogens (primary N) is 1. The highest BCUT2D eigenvalue weighted by Gasteiger charge is 2.60. The summed E-state index contributed by atoms with van der Waals surface area (Å²) in [7, 11) is -2.28. The molecule has 36 heavy (non-hydrogen) atoms. The summed E-state index contributed by atoms with van der Waals surface area (Å²) in [5, 5.41) is 25.1. The van der Waals surface area contributed by atoms with Crippen molar-refractivity contribution in [1.29, 1.82) is 0 Å². The summed E-state index contributed by atoms with van der Waals surface area (Å²) in [4.78, 5) is 28.9. The zero-order valence-electron chi connectivity index (χ0n) is 20.3. The molecule has 0 unspecified atom stereocenters. The highest BCUT2D eigenvalue weighted by molar-refractivity contribution is 8.03. The van der Waals surface area contributed by atoms with Gasteiger partial charge in [0.1, 0.15) is 11.4 Å². The van der Waals surface area contributed by atoms with Crippen molar-refractivity contribution in [1.82, 2.24) is 14.5 Å². The molecule has 13 heteroatoms. The molecular weight excluding hydrogens is 508 g/mol. The number of carbonyl (C=O) groups is 2. The van der Waals surface area contributed by atoms with Gasteiger partial charge in [-0.15, -0.1) is 11.8 Å². The zero-order chi connectivity index (χ0) is 26.4. The number of β-lactam (4-membered cyclic amide) rings is 1. The van der Waals surface area contributed by atoms with Crippen LogP contribution in [0, 0.1) is 11.8 Å². The lowest BCUT2D eigenvalue weighted by molar-refractivity contribution is -0.163. The molecule has 3 heterocycles. The van der Waals surface area contributed by atoms with E-state index in [1.165, 1.54) is 16.7 Å². The van der Waals surface area contributed by atoms with Gasteiger partial charge >= 0.3 is 5.97 Å². The quantitative estimate of drug-likeness (QED) is 0.306. The van der Waals surface area contributed by atoms with Gasteiger partial charge in [0.2, 0.25) is 5.91 Å². The van der Waals surface area contributed by atoms with Gasteiger partial charge in [-0.1, -0.05) is 19.1 Å². The first-order valence-electron chi connectivity index (χ1n) is 11.7. The topological polar surface area (TPSA) is 162 Å². The third-order valence-corrected chi connectivity index (χ3v) is 9.20. The van der Waals surface area contributed by atoms with Crippen LogP contribution < -0.4 is 14.6 Å². The van der Waals surface area contributed by atoms with Gasteiger partial charge in [-0.05, 0) is 31.0 Å². The summed E-state index contributed by atoms with van der Waals surface area (Å²) in [6.45, 7) is 4.69. The Hall–Kier alpha value is -2.16. The predicted molar refractivity (Wildman–Crippen MR) is 134 cm³/mol. The number of hydrogen-bond donors (Lipinski definition) is 4. The number of carboxylic acids is 1. The number of rotatable bonds is 10. The number of benzene rings is 1. The van der Waals surface area contributed by atoms with Crippen LogP contribution in [-0.4, -0.2) is 83.9 Å².